The third kappa shape index (κ3) is 1.27. The number of hydrogen-bond acceptors (Lipinski definition) is 1. The van der Waals surface area contributed by atoms with Gasteiger partial charge in [0.2, 0.25) is 0 Å². The second kappa shape index (κ2) is 3.10. The zero-order valence-electron chi connectivity index (χ0n) is 7.42. The highest BCUT2D eigenvalue weighted by molar-refractivity contribution is 5.26. The summed E-state index contributed by atoms with van der Waals surface area (Å²) in [4.78, 5) is 11.4. The number of terminal acetylenes is 1. The summed E-state index contributed by atoms with van der Waals surface area (Å²) < 4.78 is 1.71. The van der Waals surface area contributed by atoms with E-state index in [1.54, 1.807) is 10.6 Å². The van der Waals surface area contributed by atoms with Gasteiger partial charge in [0, 0.05) is 11.8 Å². The Labute approximate surface area is 77.2 Å². The van der Waals surface area contributed by atoms with Gasteiger partial charge < -0.3 is 4.57 Å². The first-order chi connectivity index (χ1) is 6.33. The fourth-order valence-electron chi connectivity index (χ4n) is 1.90. The highest BCUT2D eigenvalue weighted by Crippen LogP contribution is 2.19. The Bertz CT molecular complexity index is 423. The van der Waals surface area contributed by atoms with E-state index in [0.717, 1.165) is 25.0 Å². The van der Waals surface area contributed by atoms with Crippen LogP contribution >= 0.6 is 0 Å². The molecule has 2 nitrogen and oxygen atoms in total. The number of aryl methyl sites for hydroxylation is 1. The molecule has 0 saturated carbocycles. The predicted octanol–water partition coefficient (Wildman–Crippen LogP) is 0.970. The molecule has 0 fully saturated rings. The van der Waals surface area contributed by atoms with Crippen molar-refractivity contribution in [3.63, 3.8) is 0 Å². The predicted molar refractivity (Wildman–Crippen MR) is 51.6 cm³/mol. The van der Waals surface area contributed by atoms with Gasteiger partial charge in [-0.05, 0) is 24.8 Å². The summed E-state index contributed by atoms with van der Waals surface area (Å²) >= 11 is 0. The maximum absolute atomic E-state index is 11.4. The molecule has 1 aromatic rings. The van der Waals surface area contributed by atoms with E-state index in [0.29, 0.717) is 6.54 Å². The van der Waals surface area contributed by atoms with Gasteiger partial charge >= 0.3 is 0 Å². The number of hydrogen-bond donors (Lipinski definition) is 0. The molecule has 2 heteroatoms. The molecule has 1 aliphatic rings. The lowest BCUT2D eigenvalue weighted by molar-refractivity contribution is 0.734. The van der Waals surface area contributed by atoms with E-state index < -0.39 is 0 Å². The van der Waals surface area contributed by atoms with Crippen molar-refractivity contribution in [3.05, 3.63) is 33.7 Å². The molecule has 0 aromatic carbocycles. The minimum atomic E-state index is 0.0265. The summed E-state index contributed by atoms with van der Waals surface area (Å²) in [5, 5.41) is 0. The molecule has 1 aromatic heterocycles. The highest BCUT2D eigenvalue weighted by Gasteiger charge is 2.14. The van der Waals surface area contributed by atoms with Crippen LogP contribution in [-0.2, 0) is 19.4 Å². The normalized spacial score (nSPS) is 13.8. The first-order valence-electron chi connectivity index (χ1n) is 4.48. The molecule has 0 bridgehead atoms. The second-order valence-corrected chi connectivity index (χ2v) is 3.29. The molecule has 0 atom stereocenters. The topological polar surface area (TPSA) is 22.0 Å². The summed E-state index contributed by atoms with van der Waals surface area (Å²) in [5.74, 6) is 2.52. The zero-order valence-corrected chi connectivity index (χ0v) is 7.42. The third-order valence-electron chi connectivity index (χ3n) is 2.50. The smallest absolute Gasteiger partial charge is 0.251 e. The van der Waals surface area contributed by atoms with Gasteiger partial charge in [0.1, 0.15) is 0 Å². The van der Waals surface area contributed by atoms with Gasteiger partial charge in [-0.25, -0.2) is 0 Å². The Hall–Kier alpha value is -1.49. The van der Waals surface area contributed by atoms with Crippen LogP contribution in [0.2, 0.25) is 0 Å². The Morgan fingerprint density at radius 1 is 1.46 bits per heavy atom. The SMILES string of the molecule is C#CCn1c2c(ccc1=O)CCC2. The molecular formula is C11H11NO. The van der Waals surface area contributed by atoms with Gasteiger partial charge in [-0.2, -0.15) is 0 Å². The molecule has 0 saturated heterocycles. The van der Waals surface area contributed by atoms with Crippen LogP contribution in [0.15, 0.2) is 16.9 Å². The van der Waals surface area contributed by atoms with Crippen molar-refractivity contribution in [2.45, 2.75) is 25.8 Å². The van der Waals surface area contributed by atoms with E-state index in [4.69, 9.17) is 6.42 Å². The average molecular weight is 173 g/mol. The van der Waals surface area contributed by atoms with Crippen molar-refractivity contribution in [2.24, 2.45) is 0 Å². The van der Waals surface area contributed by atoms with Gasteiger partial charge in [0.15, 0.2) is 0 Å². The van der Waals surface area contributed by atoms with E-state index in [9.17, 15) is 4.79 Å². The number of nitrogens with zero attached hydrogens (tertiary/aromatic N) is 1. The zero-order chi connectivity index (χ0) is 9.26. The van der Waals surface area contributed by atoms with Crippen LogP contribution in [-0.4, -0.2) is 4.57 Å². The van der Waals surface area contributed by atoms with Gasteiger partial charge in [-0.3, -0.25) is 4.79 Å². The minimum absolute atomic E-state index is 0.0265. The van der Waals surface area contributed by atoms with Crippen molar-refractivity contribution in [3.8, 4) is 12.3 Å². The van der Waals surface area contributed by atoms with Gasteiger partial charge in [-0.15, -0.1) is 6.42 Å². The molecule has 66 valence electrons. The lowest BCUT2D eigenvalue weighted by Gasteiger charge is -2.07. The van der Waals surface area contributed by atoms with Crippen LogP contribution in [0.1, 0.15) is 17.7 Å². The maximum Gasteiger partial charge on any atom is 0.251 e. The molecule has 1 heterocycles. The molecule has 2 rings (SSSR count). The van der Waals surface area contributed by atoms with E-state index >= 15 is 0 Å². The van der Waals surface area contributed by atoms with Crippen LogP contribution in [0.5, 0.6) is 0 Å². The summed E-state index contributed by atoms with van der Waals surface area (Å²) in [6, 6.07) is 3.54. The Kier molecular flexibility index (Phi) is 1.94. The summed E-state index contributed by atoms with van der Waals surface area (Å²) in [6.45, 7) is 0.405. The van der Waals surface area contributed by atoms with Crippen molar-refractivity contribution < 1.29 is 0 Å². The molecule has 0 amide bonds. The standard InChI is InChI=1S/C11H11NO/c1-2-8-12-10-5-3-4-9(10)6-7-11(12)13/h1,6-7H,3-5,8H2. The maximum atomic E-state index is 11.4. The van der Waals surface area contributed by atoms with Crippen LogP contribution in [0, 0.1) is 12.3 Å². The van der Waals surface area contributed by atoms with Gasteiger partial charge in [0.25, 0.3) is 5.56 Å². The molecule has 0 aliphatic heterocycles. The molecule has 13 heavy (non-hydrogen) atoms. The first-order valence-corrected chi connectivity index (χ1v) is 4.48. The van der Waals surface area contributed by atoms with Gasteiger partial charge in [0.05, 0.1) is 6.54 Å². The largest absolute Gasteiger partial charge is 0.301 e. The number of pyridine rings is 1. The summed E-state index contributed by atoms with van der Waals surface area (Å²) in [7, 11) is 0. The van der Waals surface area contributed by atoms with E-state index in [1.807, 2.05) is 6.07 Å². The summed E-state index contributed by atoms with van der Waals surface area (Å²) in [5.41, 5.74) is 2.46. The van der Waals surface area contributed by atoms with E-state index in [2.05, 4.69) is 5.92 Å². The minimum Gasteiger partial charge on any atom is -0.301 e. The quantitative estimate of drug-likeness (QED) is 0.580. The molecule has 1 aliphatic carbocycles. The Morgan fingerprint density at radius 2 is 2.31 bits per heavy atom. The average Bonchev–Trinajstić information content (AvgIpc) is 2.58. The fourth-order valence-corrected chi connectivity index (χ4v) is 1.90. The van der Waals surface area contributed by atoms with Crippen molar-refractivity contribution in [1.29, 1.82) is 0 Å². The lowest BCUT2D eigenvalue weighted by Crippen LogP contribution is -2.22. The highest BCUT2D eigenvalue weighted by atomic mass is 16.1. The number of aromatic nitrogens is 1. The van der Waals surface area contributed by atoms with Gasteiger partial charge in [-0.1, -0.05) is 12.0 Å². The van der Waals surface area contributed by atoms with Crippen molar-refractivity contribution in [2.75, 3.05) is 0 Å². The third-order valence-corrected chi connectivity index (χ3v) is 2.50. The Balaban J connectivity index is 2.60. The summed E-state index contributed by atoms with van der Waals surface area (Å²) in [6.07, 6.45) is 8.43. The first kappa shape index (κ1) is 8.12. The molecule has 0 N–H and O–H groups in total. The Morgan fingerprint density at radius 3 is 3.08 bits per heavy atom. The second-order valence-electron chi connectivity index (χ2n) is 3.29. The number of rotatable bonds is 1. The molecule has 0 unspecified atom stereocenters. The van der Waals surface area contributed by atoms with Crippen LogP contribution < -0.4 is 5.56 Å². The van der Waals surface area contributed by atoms with Crippen molar-refractivity contribution >= 4 is 0 Å². The number of fused-ring (bicyclic) bond motifs is 1. The van der Waals surface area contributed by atoms with E-state index in [1.165, 1.54) is 5.56 Å². The lowest BCUT2D eigenvalue weighted by atomic mass is 10.2. The van der Waals surface area contributed by atoms with Crippen LogP contribution in [0.4, 0.5) is 0 Å². The van der Waals surface area contributed by atoms with Crippen LogP contribution in [0.25, 0.3) is 0 Å². The molecule has 0 spiro atoms. The monoisotopic (exact) mass is 173 g/mol. The van der Waals surface area contributed by atoms with Crippen molar-refractivity contribution in [1.82, 2.24) is 4.57 Å². The molecule has 0 radical (unpaired) electrons. The fraction of sp³-hybridized carbons (Fsp3) is 0.364. The molecular weight excluding hydrogens is 162 g/mol. The van der Waals surface area contributed by atoms with E-state index in [-0.39, 0.29) is 5.56 Å². The van der Waals surface area contributed by atoms with Crippen LogP contribution in [0.3, 0.4) is 0 Å².